The predicted octanol–water partition coefficient (Wildman–Crippen LogP) is 2.39. The molecule has 0 saturated carbocycles. The summed E-state index contributed by atoms with van der Waals surface area (Å²) in [6, 6.07) is 1.34. The van der Waals surface area contributed by atoms with Crippen LogP contribution in [0.3, 0.4) is 0 Å². The average molecular weight is 207 g/mol. The minimum Gasteiger partial charge on any atom is -0.300 e. The monoisotopic (exact) mass is 207 g/mol. The maximum atomic E-state index is 11.9. The van der Waals surface area contributed by atoms with E-state index in [1.807, 2.05) is 19.9 Å². The van der Waals surface area contributed by atoms with Gasteiger partial charge in [-0.05, 0) is 52.7 Å². The summed E-state index contributed by atoms with van der Waals surface area (Å²) in [5.74, 6) is 0.661. The fourth-order valence-corrected chi connectivity index (χ4v) is 3.05. The Morgan fingerprint density at radius 2 is 1.73 bits per heavy atom. The Kier molecular flexibility index (Phi) is 2.96. The molecule has 0 N–H and O–H groups in total. The molecule has 2 heterocycles. The lowest BCUT2D eigenvalue weighted by Crippen LogP contribution is -2.41. The lowest BCUT2D eigenvalue weighted by molar-refractivity contribution is -0.120. The highest BCUT2D eigenvalue weighted by molar-refractivity contribution is 5.92. The number of allylic oxidation sites excluding steroid dienone is 2. The maximum Gasteiger partial charge on any atom is 0.158 e. The standard InChI is InChI=1S/C13H21NO/c1-9(2)6-13(15)10-7-11-4-5-12(8-10)14(11)3/h6,10-12H,4-5,7-8H2,1-3H3. The highest BCUT2D eigenvalue weighted by Gasteiger charge is 2.40. The van der Waals surface area contributed by atoms with E-state index in [1.165, 1.54) is 12.8 Å². The van der Waals surface area contributed by atoms with Crippen molar-refractivity contribution in [1.82, 2.24) is 4.90 Å². The second kappa shape index (κ2) is 4.09. The molecule has 0 aromatic heterocycles. The van der Waals surface area contributed by atoms with Gasteiger partial charge in [-0.15, -0.1) is 0 Å². The Balaban J connectivity index is 2.03. The second-order valence-electron chi connectivity index (χ2n) is 5.34. The van der Waals surface area contributed by atoms with E-state index in [9.17, 15) is 4.79 Å². The average Bonchev–Trinajstić information content (AvgIpc) is 2.38. The number of fused-ring (bicyclic) bond motifs is 2. The first-order valence-corrected chi connectivity index (χ1v) is 5.98. The van der Waals surface area contributed by atoms with E-state index >= 15 is 0 Å². The van der Waals surface area contributed by atoms with Crippen LogP contribution < -0.4 is 0 Å². The molecule has 2 aliphatic heterocycles. The number of hydrogen-bond acceptors (Lipinski definition) is 2. The Bertz CT molecular complexity index is 277. The number of piperidine rings is 1. The molecule has 0 spiro atoms. The molecule has 2 fully saturated rings. The Morgan fingerprint density at radius 1 is 1.20 bits per heavy atom. The molecule has 2 bridgehead atoms. The smallest absolute Gasteiger partial charge is 0.158 e. The molecule has 2 rings (SSSR count). The first kappa shape index (κ1) is 10.9. The summed E-state index contributed by atoms with van der Waals surface area (Å²) in [5.41, 5.74) is 1.13. The van der Waals surface area contributed by atoms with Crippen LogP contribution in [0.25, 0.3) is 0 Å². The highest BCUT2D eigenvalue weighted by atomic mass is 16.1. The van der Waals surface area contributed by atoms with Crippen molar-refractivity contribution in [1.29, 1.82) is 0 Å². The molecule has 0 radical (unpaired) electrons. The molecule has 2 unspecified atom stereocenters. The topological polar surface area (TPSA) is 20.3 Å². The quantitative estimate of drug-likeness (QED) is 0.648. The first-order chi connectivity index (χ1) is 7.08. The minimum absolute atomic E-state index is 0.300. The molecular formula is C13H21NO. The van der Waals surface area contributed by atoms with Crippen molar-refractivity contribution in [2.24, 2.45) is 5.92 Å². The number of carbonyl (C=O) groups excluding carboxylic acids is 1. The normalized spacial score (nSPS) is 35.3. The SMILES string of the molecule is CC(C)=CC(=O)C1CC2CCC(C1)N2C. The largest absolute Gasteiger partial charge is 0.300 e. The molecular weight excluding hydrogens is 186 g/mol. The molecule has 2 saturated heterocycles. The van der Waals surface area contributed by atoms with E-state index in [0.29, 0.717) is 23.8 Å². The summed E-state index contributed by atoms with van der Waals surface area (Å²) in [7, 11) is 2.21. The molecule has 2 atom stereocenters. The summed E-state index contributed by atoms with van der Waals surface area (Å²) in [6.07, 6.45) is 6.57. The molecule has 84 valence electrons. The third kappa shape index (κ3) is 2.15. The van der Waals surface area contributed by atoms with Crippen LogP contribution >= 0.6 is 0 Å². The van der Waals surface area contributed by atoms with Gasteiger partial charge in [0.1, 0.15) is 0 Å². The zero-order chi connectivity index (χ0) is 11.0. The van der Waals surface area contributed by atoms with Crippen LogP contribution in [0.5, 0.6) is 0 Å². The Labute approximate surface area is 92.3 Å². The molecule has 0 aromatic rings. The van der Waals surface area contributed by atoms with Crippen molar-refractivity contribution >= 4 is 5.78 Å². The predicted molar refractivity (Wildman–Crippen MR) is 61.7 cm³/mol. The second-order valence-corrected chi connectivity index (χ2v) is 5.34. The zero-order valence-corrected chi connectivity index (χ0v) is 9.99. The van der Waals surface area contributed by atoms with E-state index < -0.39 is 0 Å². The molecule has 15 heavy (non-hydrogen) atoms. The van der Waals surface area contributed by atoms with Gasteiger partial charge in [-0.2, -0.15) is 0 Å². The lowest BCUT2D eigenvalue weighted by atomic mass is 9.87. The van der Waals surface area contributed by atoms with Crippen LogP contribution in [-0.2, 0) is 4.79 Å². The van der Waals surface area contributed by atoms with Crippen LogP contribution in [0.15, 0.2) is 11.6 Å². The summed E-state index contributed by atoms with van der Waals surface area (Å²) in [6.45, 7) is 4.00. The highest BCUT2D eigenvalue weighted by Crippen LogP contribution is 2.37. The van der Waals surface area contributed by atoms with Gasteiger partial charge in [0.2, 0.25) is 0 Å². The van der Waals surface area contributed by atoms with Gasteiger partial charge in [0.25, 0.3) is 0 Å². The van der Waals surface area contributed by atoms with Crippen molar-refractivity contribution in [2.75, 3.05) is 7.05 Å². The maximum absolute atomic E-state index is 11.9. The molecule has 2 nitrogen and oxygen atoms in total. The molecule has 0 aromatic carbocycles. The van der Waals surface area contributed by atoms with Gasteiger partial charge in [0.05, 0.1) is 0 Å². The van der Waals surface area contributed by atoms with E-state index in [2.05, 4.69) is 11.9 Å². The van der Waals surface area contributed by atoms with Gasteiger partial charge >= 0.3 is 0 Å². The van der Waals surface area contributed by atoms with Crippen molar-refractivity contribution in [3.05, 3.63) is 11.6 Å². The van der Waals surface area contributed by atoms with E-state index in [4.69, 9.17) is 0 Å². The molecule has 2 heteroatoms. The van der Waals surface area contributed by atoms with Gasteiger partial charge in [-0.1, -0.05) is 5.57 Å². The fourth-order valence-electron chi connectivity index (χ4n) is 3.05. The van der Waals surface area contributed by atoms with Crippen LogP contribution in [0, 0.1) is 5.92 Å². The van der Waals surface area contributed by atoms with Crippen LogP contribution in [0.2, 0.25) is 0 Å². The molecule has 0 aliphatic carbocycles. The number of rotatable bonds is 2. The van der Waals surface area contributed by atoms with E-state index in [0.717, 1.165) is 18.4 Å². The van der Waals surface area contributed by atoms with Gasteiger partial charge in [-0.25, -0.2) is 0 Å². The van der Waals surface area contributed by atoms with E-state index in [-0.39, 0.29) is 0 Å². The first-order valence-electron chi connectivity index (χ1n) is 5.98. The van der Waals surface area contributed by atoms with Gasteiger partial charge in [0.15, 0.2) is 5.78 Å². The molecule has 2 aliphatic rings. The van der Waals surface area contributed by atoms with Crippen LogP contribution in [-0.4, -0.2) is 29.8 Å². The summed E-state index contributed by atoms with van der Waals surface area (Å²) < 4.78 is 0. The summed E-state index contributed by atoms with van der Waals surface area (Å²) in [4.78, 5) is 14.4. The number of nitrogens with zero attached hydrogens (tertiary/aromatic N) is 1. The van der Waals surface area contributed by atoms with E-state index in [1.54, 1.807) is 0 Å². The zero-order valence-electron chi connectivity index (χ0n) is 9.99. The van der Waals surface area contributed by atoms with Crippen molar-refractivity contribution in [2.45, 2.75) is 51.6 Å². The van der Waals surface area contributed by atoms with Gasteiger partial charge in [-0.3, -0.25) is 4.79 Å². The van der Waals surface area contributed by atoms with Crippen molar-refractivity contribution < 1.29 is 4.79 Å². The number of ketones is 1. The van der Waals surface area contributed by atoms with Crippen molar-refractivity contribution in [3.63, 3.8) is 0 Å². The van der Waals surface area contributed by atoms with Crippen molar-refractivity contribution in [3.8, 4) is 0 Å². The summed E-state index contributed by atoms with van der Waals surface area (Å²) >= 11 is 0. The van der Waals surface area contributed by atoms with Gasteiger partial charge < -0.3 is 4.90 Å². The minimum atomic E-state index is 0.300. The lowest BCUT2D eigenvalue weighted by Gasteiger charge is -2.35. The third-order valence-corrected chi connectivity index (χ3v) is 3.93. The van der Waals surface area contributed by atoms with Crippen LogP contribution in [0.4, 0.5) is 0 Å². The summed E-state index contributed by atoms with van der Waals surface area (Å²) in [5, 5.41) is 0. The fraction of sp³-hybridized carbons (Fsp3) is 0.769. The molecule has 0 amide bonds. The Morgan fingerprint density at radius 3 is 2.20 bits per heavy atom. The Hall–Kier alpha value is -0.630. The number of carbonyl (C=O) groups is 1. The van der Waals surface area contributed by atoms with Gasteiger partial charge in [0, 0.05) is 18.0 Å². The van der Waals surface area contributed by atoms with Crippen LogP contribution in [0.1, 0.15) is 39.5 Å². The third-order valence-electron chi connectivity index (χ3n) is 3.93. The number of hydrogen-bond donors (Lipinski definition) is 0.